The monoisotopic (exact) mass is 461 g/mol. The van der Waals surface area contributed by atoms with Gasteiger partial charge >= 0.3 is 0 Å². The van der Waals surface area contributed by atoms with Gasteiger partial charge in [0.25, 0.3) is 5.91 Å². The second kappa shape index (κ2) is 7.91. The summed E-state index contributed by atoms with van der Waals surface area (Å²) in [5.41, 5.74) is 3.33. The topological polar surface area (TPSA) is 98.4 Å². The first kappa shape index (κ1) is 20.3. The zero-order valence-electron chi connectivity index (χ0n) is 17.9. The number of carbonyl (C=O) groups is 3. The van der Waals surface area contributed by atoms with Crippen LogP contribution in [0.1, 0.15) is 34.1 Å². The smallest absolute Gasteiger partial charge is 0.256 e. The van der Waals surface area contributed by atoms with Crippen LogP contribution in [-0.4, -0.2) is 62.4 Å². The molecule has 0 aliphatic carbocycles. The molecule has 3 amide bonds. The fraction of sp³-hybridized carbons (Fsp3) is 0.333. The number of H-pyrrole nitrogens is 1. The number of aromatic amines is 1. The second-order valence-electron chi connectivity index (χ2n) is 8.72. The third kappa shape index (κ3) is 3.38. The molecule has 168 valence electrons. The molecule has 2 fully saturated rings. The molecular formula is C24H23N5O3S. The van der Waals surface area contributed by atoms with Crippen molar-refractivity contribution >= 4 is 46.5 Å². The number of para-hydroxylation sites is 2. The number of carbonyl (C=O) groups excluding carboxylic acids is 3. The van der Waals surface area contributed by atoms with Crippen molar-refractivity contribution in [2.75, 3.05) is 24.2 Å². The highest BCUT2D eigenvalue weighted by Gasteiger charge is 2.49. The predicted molar refractivity (Wildman–Crippen MR) is 126 cm³/mol. The highest BCUT2D eigenvalue weighted by atomic mass is 32.2. The number of anilines is 1. The van der Waals surface area contributed by atoms with E-state index >= 15 is 0 Å². The highest BCUT2D eigenvalue weighted by molar-refractivity contribution is 7.99. The SMILES string of the molecule is O=C(Nc1nc2ccccc2[nH]1)[C@@H]1CCCN(C(=O)[C@@H]2CS[C@@H]3c4ccccc4C(=O)N32)C1. The van der Waals surface area contributed by atoms with E-state index in [0.717, 1.165) is 23.0 Å². The minimum absolute atomic E-state index is 0.0626. The second-order valence-corrected chi connectivity index (χ2v) is 9.83. The van der Waals surface area contributed by atoms with Gasteiger partial charge in [-0.3, -0.25) is 19.7 Å². The van der Waals surface area contributed by atoms with E-state index in [0.29, 0.717) is 36.8 Å². The Morgan fingerprint density at radius 3 is 2.82 bits per heavy atom. The van der Waals surface area contributed by atoms with Crippen LogP contribution in [0.15, 0.2) is 48.5 Å². The van der Waals surface area contributed by atoms with Crippen LogP contribution in [0.4, 0.5) is 5.95 Å². The van der Waals surface area contributed by atoms with Gasteiger partial charge in [0.1, 0.15) is 11.4 Å². The molecule has 3 aliphatic rings. The van der Waals surface area contributed by atoms with Gasteiger partial charge in [-0.05, 0) is 36.6 Å². The summed E-state index contributed by atoms with van der Waals surface area (Å²) in [6.07, 6.45) is 1.47. The maximum atomic E-state index is 13.5. The van der Waals surface area contributed by atoms with E-state index in [-0.39, 0.29) is 29.0 Å². The number of rotatable bonds is 3. The van der Waals surface area contributed by atoms with Crippen molar-refractivity contribution in [3.8, 4) is 0 Å². The zero-order chi connectivity index (χ0) is 22.5. The van der Waals surface area contributed by atoms with E-state index in [1.807, 2.05) is 48.5 Å². The molecule has 2 aromatic carbocycles. The van der Waals surface area contributed by atoms with E-state index in [9.17, 15) is 14.4 Å². The molecule has 0 saturated carbocycles. The number of fused-ring (bicyclic) bond motifs is 4. The summed E-state index contributed by atoms with van der Waals surface area (Å²) < 4.78 is 0. The summed E-state index contributed by atoms with van der Waals surface area (Å²) in [6.45, 7) is 0.958. The van der Waals surface area contributed by atoms with Crippen LogP contribution in [0.5, 0.6) is 0 Å². The molecule has 9 heteroatoms. The summed E-state index contributed by atoms with van der Waals surface area (Å²) in [5.74, 6) is 0.403. The Balaban J connectivity index is 1.14. The third-order valence-corrected chi connectivity index (χ3v) is 8.02. The lowest BCUT2D eigenvalue weighted by molar-refractivity contribution is -0.138. The molecule has 33 heavy (non-hydrogen) atoms. The Kier molecular flexibility index (Phi) is 4.86. The molecule has 0 bridgehead atoms. The lowest BCUT2D eigenvalue weighted by atomic mass is 9.96. The van der Waals surface area contributed by atoms with Gasteiger partial charge in [0.2, 0.25) is 17.8 Å². The van der Waals surface area contributed by atoms with Crippen LogP contribution in [0.2, 0.25) is 0 Å². The van der Waals surface area contributed by atoms with Crippen molar-refractivity contribution < 1.29 is 14.4 Å². The van der Waals surface area contributed by atoms with Gasteiger partial charge in [-0.2, -0.15) is 0 Å². The van der Waals surface area contributed by atoms with Gasteiger partial charge in [0, 0.05) is 24.4 Å². The Morgan fingerprint density at radius 2 is 1.94 bits per heavy atom. The summed E-state index contributed by atoms with van der Waals surface area (Å²) in [5, 5.41) is 2.78. The van der Waals surface area contributed by atoms with Crippen molar-refractivity contribution in [3.63, 3.8) is 0 Å². The van der Waals surface area contributed by atoms with Gasteiger partial charge in [-0.25, -0.2) is 4.98 Å². The molecule has 2 saturated heterocycles. The van der Waals surface area contributed by atoms with Gasteiger partial charge in [0.15, 0.2) is 0 Å². The van der Waals surface area contributed by atoms with Crippen LogP contribution >= 0.6 is 11.8 Å². The quantitative estimate of drug-likeness (QED) is 0.625. The molecule has 2 N–H and O–H groups in total. The predicted octanol–water partition coefficient (Wildman–Crippen LogP) is 3.01. The average Bonchev–Trinajstić information content (AvgIpc) is 3.53. The highest BCUT2D eigenvalue weighted by Crippen LogP contribution is 2.48. The van der Waals surface area contributed by atoms with Crippen LogP contribution in [-0.2, 0) is 9.59 Å². The lowest BCUT2D eigenvalue weighted by Crippen LogP contribution is -2.52. The molecule has 3 atom stereocenters. The molecular weight excluding hydrogens is 438 g/mol. The number of imidazole rings is 1. The van der Waals surface area contributed by atoms with E-state index in [1.54, 1.807) is 21.6 Å². The molecule has 0 radical (unpaired) electrons. The van der Waals surface area contributed by atoms with Crippen molar-refractivity contribution in [1.82, 2.24) is 19.8 Å². The van der Waals surface area contributed by atoms with Crippen molar-refractivity contribution in [2.45, 2.75) is 24.3 Å². The molecule has 3 aliphatic heterocycles. The first-order valence-electron chi connectivity index (χ1n) is 11.2. The Bertz CT molecular complexity index is 1240. The van der Waals surface area contributed by atoms with Crippen LogP contribution in [0.3, 0.4) is 0 Å². The van der Waals surface area contributed by atoms with Crippen LogP contribution < -0.4 is 5.32 Å². The standard InChI is InChI=1S/C24H23N5O3S/c30-20(27-24-25-17-9-3-4-10-18(17)26-24)14-6-5-11-28(12-14)22(32)19-13-33-23-16-8-2-1-7-15(16)21(31)29(19)23/h1-4,7-10,14,19,23H,5-6,11-13H2,(H2,25,26,27,30)/t14-,19+,23-/m1/s1. The number of thioether (sulfide) groups is 1. The number of likely N-dealkylation sites (tertiary alicyclic amines) is 1. The molecule has 0 unspecified atom stereocenters. The Hall–Kier alpha value is -3.33. The summed E-state index contributed by atoms with van der Waals surface area (Å²) in [7, 11) is 0. The number of aromatic nitrogens is 2. The average molecular weight is 462 g/mol. The summed E-state index contributed by atoms with van der Waals surface area (Å²) >= 11 is 1.64. The van der Waals surface area contributed by atoms with E-state index < -0.39 is 6.04 Å². The van der Waals surface area contributed by atoms with E-state index in [1.165, 1.54) is 0 Å². The van der Waals surface area contributed by atoms with Crippen LogP contribution in [0.25, 0.3) is 11.0 Å². The number of piperidine rings is 1. The van der Waals surface area contributed by atoms with E-state index in [2.05, 4.69) is 15.3 Å². The number of benzene rings is 2. The maximum Gasteiger partial charge on any atom is 0.256 e. The molecule has 6 rings (SSSR count). The number of amides is 3. The molecule has 8 nitrogen and oxygen atoms in total. The number of nitrogens with zero attached hydrogens (tertiary/aromatic N) is 3. The molecule has 3 aromatic rings. The molecule has 0 spiro atoms. The largest absolute Gasteiger partial charge is 0.340 e. The third-order valence-electron chi connectivity index (χ3n) is 6.71. The van der Waals surface area contributed by atoms with Crippen molar-refractivity contribution in [1.29, 1.82) is 0 Å². The normalized spacial score (nSPS) is 24.1. The lowest BCUT2D eigenvalue weighted by Gasteiger charge is -2.35. The Morgan fingerprint density at radius 1 is 1.12 bits per heavy atom. The maximum absolute atomic E-state index is 13.5. The van der Waals surface area contributed by atoms with Crippen molar-refractivity contribution in [2.24, 2.45) is 5.92 Å². The summed E-state index contributed by atoms with van der Waals surface area (Å²) in [4.78, 5) is 50.4. The number of nitrogens with one attached hydrogen (secondary N) is 2. The first-order valence-corrected chi connectivity index (χ1v) is 12.2. The van der Waals surface area contributed by atoms with Gasteiger partial charge in [0.05, 0.1) is 17.0 Å². The molecule has 1 aromatic heterocycles. The van der Waals surface area contributed by atoms with Gasteiger partial charge in [-0.15, -0.1) is 11.8 Å². The number of hydrogen-bond acceptors (Lipinski definition) is 5. The number of hydrogen-bond donors (Lipinski definition) is 2. The fourth-order valence-corrected chi connectivity index (χ4v) is 6.52. The first-order chi connectivity index (χ1) is 16.1. The van der Waals surface area contributed by atoms with Gasteiger partial charge in [-0.1, -0.05) is 30.3 Å². The van der Waals surface area contributed by atoms with Gasteiger partial charge < -0.3 is 14.8 Å². The Labute approximate surface area is 194 Å². The fourth-order valence-electron chi connectivity index (χ4n) is 5.06. The zero-order valence-corrected chi connectivity index (χ0v) is 18.7. The van der Waals surface area contributed by atoms with Crippen molar-refractivity contribution in [3.05, 3.63) is 59.7 Å². The molecule has 4 heterocycles. The van der Waals surface area contributed by atoms with E-state index in [4.69, 9.17) is 0 Å². The minimum Gasteiger partial charge on any atom is -0.340 e. The van der Waals surface area contributed by atoms with Crippen LogP contribution in [0, 0.1) is 5.92 Å². The summed E-state index contributed by atoms with van der Waals surface area (Å²) in [6, 6.07) is 14.7. The minimum atomic E-state index is -0.489.